The van der Waals surface area contributed by atoms with Gasteiger partial charge in [-0.05, 0) is 75.8 Å². The molecule has 2 heterocycles. The van der Waals surface area contributed by atoms with Crippen LogP contribution in [0.15, 0.2) is 94.6 Å². The highest BCUT2D eigenvalue weighted by molar-refractivity contribution is 8.03. The van der Waals surface area contributed by atoms with Crippen molar-refractivity contribution in [2.75, 3.05) is 23.7 Å². The van der Waals surface area contributed by atoms with Gasteiger partial charge in [0, 0.05) is 46.0 Å². The molecule has 0 saturated carbocycles. The Morgan fingerprint density at radius 1 is 0.951 bits per heavy atom. The number of fused-ring (bicyclic) bond motifs is 2. The zero-order valence-electron chi connectivity index (χ0n) is 25.3. The van der Waals surface area contributed by atoms with Crippen LogP contribution in [0.3, 0.4) is 0 Å². The summed E-state index contributed by atoms with van der Waals surface area (Å²) in [6.07, 6.45) is 12.1. The average Bonchev–Trinajstić information content (AvgIpc) is 3.32. The van der Waals surface area contributed by atoms with Crippen molar-refractivity contribution in [1.29, 1.82) is 0 Å². The summed E-state index contributed by atoms with van der Waals surface area (Å²) in [6.45, 7) is 15.4. The maximum Gasteiger partial charge on any atom is 0.313 e. The molecule has 1 aliphatic carbocycles. The molecular weight excluding hydrogens is 524 g/mol. The molecule has 2 aromatic carbocycles. The zero-order valence-corrected chi connectivity index (χ0v) is 26.1. The maximum atomic E-state index is 11.7. The van der Waals surface area contributed by atoms with Crippen LogP contribution in [-0.4, -0.2) is 40.2 Å². The van der Waals surface area contributed by atoms with Crippen LogP contribution in [0.2, 0.25) is 0 Å². The van der Waals surface area contributed by atoms with E-state index in [1.165, 1.54) is 56.8 Å². The summed E-state index contributed by atoms with van der Waals surface area (Å²) < 4.78 is 2.42. The van der Waals surface area contributed by atoms with Crippen LogP contribution >= 0.6 is 11.8 Å². The first-order valence-corrected chi connectivity index (χ1v) is 15.9. The van der Waals surface area contributed by atoms with Crippen LogP contribution in [-0.2, 0) is 15.6 Å². The standard InChI is InChI=1S/C36H42N2O2S/c1-7-37-29-18-11-9-16-27(29)35(3,4)31(37)22-20-25-14-13-15-26(34(25)41-24-33(39)40)21-23-32-36(5,6)28-17-10-12-19-30(28)38(32)8-2/h9-12,16-23H,7-8,13-15,24H2,1-6H3/p+1. The van der Waals surface area contributed by atoms with Gasteiger partial charge in [-0.15, -0.1) is 11.8 Å². The van der Waals surface area contributed by atoms with Gasteiger partial charge in [-0.1, -0.05) is 62.4 Å². The Labute approximate surface area is 249 Å². The van der Waals surface area contributed by atoms with E-state index < -0.39 is 5.97 Å². The van der Waals surface area contributed by atoms with Crippen molar-refractivity contribution in [3.63, 3.8) is 0 Å². The van der Waals surface area contributed by atoms with Gasteiger partial charge in [0.2, 0.25) is 5.69 Å². The van der Waals surface area contributed by atoms with E-state index in [4.69, 9.17) is 0 Å². The topological polar surface area (TPSA) is 43.5 Å². The Bertz CT molecular complexity index is 1520. The number of hydrogen-bond acceptors (Lipinski definition) is 3. The highest BCUT2D eigenvalue weighted by Gasteiger charge is 2.43. The lowest BCUT2D eigenvalue weighted by molar-refractivity contribution is -0.433. The van der Waals surface area contributed by atoms with Crippen LogP contribution in [0.5, 0.6) is 0 Å². The molecule has 0 saturated heterocycles. The molecule has 0 amide bonds. The molecule has 0 fully saturated rings. The molecule has 0 spiro atoms. The van der Waals surface area contributed by atoms with Crippen LogP contribution in [0.4, 0.5) is 11.4 Å². The predicted molar refractivity (Wildman–Crippen MR) is 174 cm³/mol. The van der Waals surface area contributed by atoms with E-state index in [-0.39, 0.29) is 16.6 Å². The minimum atomic E-state index is -0.780. The zero-order chi connectivity index (χ0) is 29.4. The summed E-state index contributed by atoms with van der Waals surface area (Å²) in [7, 11) is 0. The summed E-state index contributed by atoms with van der Waals surface area (Å²) in [6, 6.07) is 17.4. The fourth-order valence-corrected chi connectivity index (χ4v) is 7.84. The molecule has 0 radical (unpaired) electrons. The van der Waals surface area contributed by atoms with E-state index >= 15 is 0 Å². The van der Waals surface area contributed by atoms with Crippen LogP contribution in [0.1, 0.15) is 71.9 Å². The molecule has 4 nitrogen and oxygen atoms in total. The molecule has 0 atom stereocenters. The van der Waals surface area contributed by atoms with Gasteiger partial charge in [0.15, 0.2) is 5.71 Å². The second kappa shape index (κ2) is 11.5. The monoisotopic (exact) mass is 567 g/mol. The number of aliphatic carboxylic acids is 1. The number of allylic oxidation sites excluding steroid dienone is 7. The number of nitrogens with zero attached hydrogens (tertiary/aromatic N) is 2. The van der Waals surface area contributed by atoms with Gasteiger partial charge in [-0.2, -0.15) is 4.58 Å². The van der Waals surface area contributed by atoms with Crippen molar-refractivity contribution in [3.05, 3.63) is 106 Å². The molecule has 5 heteroatoms. The number of carboxylic acids is 1. The van der Waals surface area contributed by atoms with Crippen LogP contribution in [0.25, 0.3) is 0 Å². The number of carbonyl (C=O) groups is 1. The summed E-state index contributed by atoms with van der Waals surface area (Å²) in [5.41, 5.74) is 10.1. The average molecular weight is 568 g/mol. The Kier molecular flexibility index (Phi) is 8.20. The quantitative estimate of drug-likeness (QED) is 0.325. The molecule has 2 aromatic rings. The summed E-state index contributed by atoms with van der Waals surface area (Å²) in [4.78, 5) is 15.2. The summed E-state index contributed by atoms with van der Waals surface area (Å²) >= 11 is 1.47. The minimum absolute atomic E-state index is 0.0627. The van der Waals surface area contributed by atoms with Crippen LogP contribution in [0, 0.1) is 0 Å². The Hall–Kier alpha value is -3.31. The SMILES string of the molecule is CCN1C(=CC=C2CCCC(C=CC3=[N+](CC)c4ccccc4C3(C)C)=C2SCC(=O)O)C(C)(C)c2ccccc21. The molecule has 0 aromatic heterocycles. The molecule has 214 valence electrons. The number of rotatable bonds is 8. The first-order valence-electron chi connectivity index (χ1n) is 14.9. The van der Waals surface area contributed by atoms with Gasteiger partial charge < -0.3 is 10.0 Å². The number of thioether (sulfide) groups is 1. The Morgan fingerprint density at radius 3 is 2.37 bits per heavy atom. The van der Waals surface area contributed by atoms with Gasteiger partial charge in [0.25, 0.3) is 0 Å². The maximum absolute atomic E-state index is 11.7. The molecule has 0 unspecified atom stereocenters. The van der Waals surface area contributed by atoms with E-state index in [1.54, 1.807) is 0 Å². The third-order valence-corrected chi connectivity index (χ3v) is 10.1. The van der Waals surface area contributed by atoms with E-state index in [2.05, 4.69) is 124 Å². The smallest absolute Gasteiger partial charge is 0.313 e. The largest absolute Gasteiger partial charge is 0.481 e. The number of hydrogen-bond donors (Lipinski definition) is 1. The normalized spacial score (nSPS) is 21.4. The second-order valence-corrected chi connectivity index (χ2v) is 13.1. The van der Waals surface area contributed by atoms with Crippen LogP contribution < -0.4 is 4.90 Å². The predicted octanol–water partition coefficient (Wildman–Crippen LogP) is 8.52. The number of anilines is 1. The third kappa shape index (κ3) is 5.25. The lowest BCUT2D eigenvalue weighted by Crippen LogP contribution is -2.27. The molecule has 0 bridgehead atoms. The van der Waals surface area contributed by atoms with Gasteiger partial charge in [-0.3, -0.25) is 4.79 Å². The van der Waals surface area contributed by atoms with E-state index in [0.717, 1.165) is 37.3 Å². The molecular formula is C36H43N2O2S+. The number of likely N-dealkylation sites (N-methyl/N-ethyl adjacent to an activating group) is 1. The first-order chi connectivity index (χ1) is 19.6. The van der Waals surface area contributed by atoms with Crippen molar-refractivity contribution in [2.24, 2.45) is 0 Å². The lowest BCUT2D eigenvalue weighted by Gasteiger charge is -2.26. The van der Waals surface area contributed by atoms with Gasteiger partial charge in [-0.25, -0.2) is 0 Å². The highest BCUT2D eigenvalue weighted by Crippen LogP contribution is 2.48. The van der Waals surface area contributed by atoms with Crippen molar-refractivity contribution in [3.8, 4) is 0 Å². The van der Waals surface area contributed by atoms with Gasteiger partial charge in [0.1, 0.15) is 6.54 Å². The van der Waals surface area contributed by atoms with Crippen molar-refractivity contribution >= 4 is 34.8 Å². The minimum Gasteiger partial charge on any atom is -0.481 e. The molecule has 3 aliphatic rings. The first kappa shape index (κ1) is 29.2. The summed E-state index contributed by atoms with van der Waals surface area (Å²) in [5, 5.41) is 9.58. The van der Waals surface area contributed by atoms with Crippen molar-refractivity contribution in [2.45, 2.75) is 71.6 Å². The third-order valence-electron chi connectivity index (χ3n) is 8.93. The van der Waals surface area contributed by atoms with Crippen molar-refractivity contribution < 1.29 is 14.5 Å². The van der Waals surface area contributed by atoms with Gasteiger partial charge >= 0.3 is 5.97 Å². The fourth-order valence-electron chi connectivity index (χ4n) is 6.86. The molecule has 2 aliphatic heterocycles. The summed E-state index contributed by atoms with van der Waals surface area (Å²) in [5.74, 6) is -0.717. The number of para-hydroxylation sites is 2. The number of benzene rings is 2. The Balaban J connectivity index is 1.55. The molecule has 5 rings (SSSR count). The van der Waals surface area contributed by atoms with E-state index in [0.29, 0.717) is 0 Å². The fraction of sp³-hybridized carbons (Fsp3) is 0.389. The van der Waals surface area contributed by atoms with Gasteiger partial charge in [0.05, 0.1) is 11.2 Å². The highest BCUT2D eigenvalue weighted by atomic mass is 32.2. The van der Waals surface area contributed by atoms with E-state index in [1.807, 2.05) is 0 Å². The van der Waals surface area contributed by atoms with E-state index in [9.17, 15) is 9.90 Å². The second-order valence-electron chi connectivity index (χ2n) is 12.1. The Morgan fingerprint density at radius 2 is 1.66 bits per heavy atom. The molecule has 1 N–H and O–H groups in total. The number of carboxylic acid groups (broad SMARTS) is 1. The lowest BCUT2D eigenvalue weighted by atomic mass is 9.81. The molecule has 41 heavy (non-hydrogen) atoms. The van der Waals surface area contributed by atoms with Crippen molar-refractivity contribution in [1.82, 2.24) is 0 Å².